The number of hydrogen-bond donors (Lipinski definition) is 0. The van der Waals surface area contributed by atoms with Crippen LogP contribution in [0.4, 0.5) is 0 Å². The van der Waals surface area contributed by atoms with Gasteiger partial charge in [-0.1, -0.05) is 134 Å². The Hall–Kier alpha value is -2.10. The van der Waals surface area contributed by atoms with E-state index < -0.39 is 53.8 Å². The summed E-state index contributed by atoms with van der Waals surface area (Å²) in [6.45, 7) is 9.47. The molecule has 4 aromatic carbocycles. The van der Waals surface area contributed by atoms with Gasteiger partial charge in [0.2, 0.25) is 0 Å². The monoisotopic (exact) mass is 870 g/mol. The Bertz CT molecular complexity index is 1640. The van der Waals surface area contributed by atoms with Gasteiger partial charge in [-0.2, -0.15) is 0 Å². The summed E-state index contributed by atoms with van der Waals surface area (Å²) in [4.78, 5) is 0. The molecule has 0 bridgehead atoms. The Morgan fingerprint density at radius 1 is 0.456 bits per heavy atom. The van der Waals surface area contributed by atoms with Gasteiger partial charge in [0.1, 0.15) is 0 Å². The van der Waals surface area contributed by atoms with Gasteiger partial charge in [-0.25, -0.2) is 0 Å². The van der Waals surface area contributed by atoms with Gasteiger partial charge in [0.15, 0.2) is 16.6 Å². The molecule has 2 aliphatic heterocycles. The van der Waals surface area contributed by atoms with Crippen LogP contribution in [0.2, 0.25) is 38.3 Å². The Kier molecular flexibility index (Phi) is 13.3. The standard InChI is InChI=1S/C44H62O7Si6/c1-54(2,31-29-35-25-27-41-43(33-35)45-41)47-52-49-56(37-17-9-5-10-18-37,38-19-11-6-12-20-38)51-57(39-21-13-7-14-22-39,40-23-15-8-16-24-40)50-53-48-55(3,4)32-30-36-26-28-42-44(34-36)46-42/h5-24,35-36,41-44H,25-34,52-53H2,1-4H3. The molecule has 4 fully saturated rings. The SMILES string of the molecule is C[Si](C)(CCC1CCC2OC2C1)O[SiH2]O[Si](O[Si](O[SiH2]O[Si](C)(C)CCC1CCC2OC2C1)(c1ccccc1)c1ccccc1)(c1ccccc1)c1ccccc1. The fourth-order valence-corrected chi connectivity index (χ4v) is 28.8. The molecular formula is C44H62O7Si6. The molecule has 0 radical (unpaired) electrons. The molecule has 6 unspecified atom stereocenters. The number of rotatable bonds is 20. The second-order valence-corrected chi connectivity index (χ2v) is 36.7. The zero-order valence-corrected chi connectivity index (χ0v) is 41.2. The Balaban J connectivity index is 1.09. The Labute approximate surface area is 350 Å². The summed E-state index contributed by atoms with van der Waals surface area (Å²) >= 11 is 0. The molecule has 2 saturated carbocycles. The van der Waals surface area contributed by atoms with E-state index in [0.29, 0.717) is 24.4 Å². The van der Waals surface area contributed by atoms with Crippen molar-refractivity contribution in [2.45, 2.75) is 114 Å². The zero-order chi connectivity index (χ0) is 39.4. The predicted octanol–water partition coefficient (Wildman–Crippen LogP) is 5.91. The Morgan fingerprint density at radius 2 is 0.789 bits per heavy atom. The first-order chi connectivity index (χ1) is 27.6. The second kappa shape index (κ2) is 18.3. The first kappa shape index (κ1) is 41.6. The first-order valence-electron chi connectivity index (χ1n) is 21.4. The predicted molar refractivity (Wildman–Crippen MR) is 244 cm³/mol. The van der Waals surface area contributed by atoms with Crippen molar-refractivity contribution >= 4 is 74.5 Å². The summed E-state index contributed by atoms with van der Waals surface area (Å²) in [5, 5.41) is 4.25. The van der Waals surface area contributed by atoms with Crippen molar-refractivity contribution in [3.8, 4) is 0 Å². The number of fused-ring (bicyclic) bond motifs is 2. The van der Waals surface area contributed by atoms with Gasteiger partial charge < -0.3 is 30.0 Å². The molecular weight excluding hydrogens is 809 g/mol. The van der Waals surface area contributed by atoms with Crippen molar-refractivity contribution in [1.82, 2.24) is 0 Å². The second-order valence-electron chi connectivity index (χ2n) is 18.0. The van der Waals surface area contributed by atoms with Crippen LogP contribution in [0, 0.1) is 11.8 Å². The minimum Gasteiger partial charge on any atom is -0.441 e. The van der Waals surface area contributed by atoms with Crippen LogP contribution in [0.5, 0.6) is 0 Å². The maximum absolute atomic E-state index is 8.09. The summed E-state index contributed by atoms with van der Waals surface area (Å²) in [5.41, 5.74) is 0. The van der Waals surface area contributed by atoms with Crippen molar-refractivity contribution in [2.75, 3.05) is 0 Å². The van der Waals surface area contributed by atoms with E-state index in [1.54, 1.807) is 0 Å². The molecule has 4 aromatic rings. The third-order valence-electron chi connectivity index (χ3n) is 12.9. The van der Waals surface area contributed by atoms with E-state index >= 15 is 0 Å². The summed E-state index contributed by atoms with van der Waals surface area (Å²) < 4.78 is 48.8. The van der Waals surface area contributed by atoms with Gasteiger partial charge in [0, 0.05) is 0 Å². The zero-order valence-electron chi connectivity index (χ0n) is 34.4. The van der Waals surface area contributed by atoms with E-state index in [9.17, 15) is 0 Å². The van der Waals surface area contributed by atoms with Crippen molar-refractivity contribution in [3.63, 3.8) is 0 Å². The van der Waals surface area contributed by atoms with Crippen LogP contribution in [0.15, 0.2) is 121 Å². The minimum absolute atomic E-state index is 0.512. The van der Waals surface area contributed by atoms with Gasteiger partial charge in [-0.3, -0.25) is 0 Å². The lowest BCUT2D eigenvalue weighted by atomic mass is 9.88. The Morgan fingerprint density at radius 3 is 1.11 bits per heavy atom. The lowest BCUT2D eigenvalue weighted by Gasteiger charge is -2.42. The van der Waals surface area contributed by atoms with Crippen molar-refractivity contribution in [2.24, 2.45) is 11.8 Å². The van der Waals surface area contributed by atoms with E-state index in [4.69, 9.17) is 30.0 Å². The average molecular weight is 871 g/mol. The number of hydrogen-bond acceptors (Lipinski definition) is 7. The maximum Gasteiger partial charge on any atom is 0.389 e. The highest BCUT2D eigenvalue weighted by Gasteiger charge is 2.55. The molecule has 0 spiro atoms. The van der Waals surface area contributed by atoms with E-state index in [1.165, 1.54) is 51.4 Å². The molecule has 8 rings (SSSR count). The maximum atomic E-state index is 8.09. The van der Waals surface area contributed by atoms with Crippen LogP contribution < -0.4 is 20.7 Å². The van der Waals surface area contributed by atoms with Crippen LogP contribution in [0.1, 0.15) is 51.4 Å². The van der Waals surface area contributed by atoms with E-state index in [0.717, 1.165) is 44.7 Å². The highest BCUT2D eigenvalue weighted by atomic mass is 28.5. The first-order valence-corrected chi connectivity index (χ1v) is 33.6. The number of benzene rings is 4. The lowest BCUT2D eigenvalue weighted by Crippen LogP contribution is -2.76. The van der Waals surface area contributed by atoms with Gasteiger partial charge in [-0.05, 0) is 109 Å². The third kappa shape index (κ3) is 10.4. The topological polar surface area (TPSA) is 71.2 Å². The van der Waals surface area contributed by atoms with Gasteiger partial charge >= 0.3 is 17.1 Å². The quantitative estimate of drug-likeness (QED) is 0.0810. The van der Waals surface area contributed by atoms with Gasteiger partial charge in [-0.15, -0.1) is 0 Å². The van der Waals surface area contributed by atoms with Gasteiger partial charge in [0.05, 0.1) is 24.4 Å². The summed E-state index contributed by atoms with van der Waals surface area (Å²) in [7, 11) is -14.0. The molecule has 0 N–H and O–H groups in total. The molecule has 4 aliphatic rings. The molecule has 304 valence electrons. The molecule has 57 heavy (non-hydrogen) atoms. The molecule has 0 aromatic heterocycles. The van der Waals surface area contributed by atoms with Crippen LogP contribution in [0.3, 0.4) is 0 Å². The lowest BCUT2D eigenvalue weighted by molar-refractivity contribution is 0.329. The van der Waals surface area contributed by atoms with E-state index in [2.05, 4.69) is 148 Å². The van der Waals surface area contributed by atoms with Crippen LogP contribution in [-0.2, 0) is 30.0 Å². The summed E-state index contributed by atoms with van der Waals surface area (Å²) in [6.07, 6.45) is 11.9. The molecule has 6 atom stereocenters. The number of ether oxygens (including phenoxy) is 2. The molecule has 13 heteroatoms. The largest absolute Gasteiger partial charge is 0.441 e. The normalized spacial score (nSPS) is 25.1. The van der Waals surface area contributed by atoms with Crippen molar-refractivity contribution in [3.05, 3.63) is 121 Å². The van der Waals surface area contributed by atoms with Crippen LogP contribution in [-0.4, -0.2) is 78.2 Å². The fraction of sp³-hybridized carbons (Fsp3) is 0.455. The number of epoxide rings is 2. The van der Waals surface area contributed by atoms with Gasteiger partial charge in [0.25, 0.3) is 20.0 Å². The molecule has 2 saturated heterocycles. The molecule has 2 aliphatic carbocycles. The van der Waals surface area contributed by atoms with E-state index in [-0.39, 0.29) is 0 Å². The molecule has 2 heterocycles. The highest BCUT2D eigenvalue weighted by molar-refractivity contribution is 7.06. The average Bonchev–Trinajstić information content (AvgIpc) is 4.18. The minimum atomic E-state index is -3.50. The smallest absolute Gasteiger partial charge is 0.389 e. The third-order valence-corrected chi connectivity index (χ3v) is 33.9. The molecule has 7 nitrogen and oxygen atoms in total. The van der Waals surface area contributed by atoms with E-state index in [1.807, 2.05) is 0 Å². The van der Waals surface area contributed by atoms with Crippen molar-refractivity contribution in [1.29, 1.82) is 0 Å². The fourth-order valence-electron chi connectivity index (χ4n) is 9.08. The summed E-state index contributed by atoms with van der Waals surface area (Å²) in [6, 6.07) is 44.9. The van der Waals surface area contributed by atoms with Crippen LogP contribution >= 0.6 is 0 Å². The highest BCUT2D eigenvalue weighted by Crippen LogP contribution is 2.42. The summed E-state index contributed by atoms with van der Waals surface area (Å²) in [5.74, 6) is 1.48. The van der Waals surface area contributed by atoms with Crippen LogP contribution in [0.25, 0.3) is 0 Å². The molecule has 0 amide bonds. The van der Waals surface area contributed by atoms with Crippen molar-refractivity contribution < 1.29 is 30.0 Å².